The third-order valence-electron chi connectivity index (χ3n) is 3.53. The molecule has 2 rings (SSSR count). The number of benzene rings is 1. The van der Waals surface area contributed by atoms with Gasteiger partial charge < -0.3 is 10.5 Å². The van der Waals surface area contributed by atoms with Crippen molar-refractivity contribution in [1.82, 2.24) is 4.31 Å². The number of nitrogens with zero attached hydrogens (tertiary/aromatic N) is 1. The highest BCUT2D eigenvalue weighted by Gasteiger charge is 2.32. The average Bonchev–Trinajstić information content (AvgIpc) is 2.43. The lowest BCUT2D eigenvalue weighted by atomic mass is 10.0. The number of nitrogen functional groups attached to an aromatic ring is 1. The first-order valence-corrected chi connectivity index (χ1v) is 9.21. The summed E-state index contributed by atoms with van der Waals surface area (Å²) in [7, 11) is -2.00. The number of halogens is 2. The molecule has 21 heavy (non-hydrogen) atoms. The lowest BCUT2D eigenvalue weighted by Crippen LogP contribution is -2.41. The number of ether oxygens (including phenoxy) is 1. The summed E-state index contributed by atoms with van der Waals surface area (Å²) in [6, 6.07) is 2.95. The Bertz CT molecular complexity index is 622. The van der Waals surface area contributed by atoms with Gasteiger partial charge in [-0.25, -0.2) is 8.42 Å². The van der Waals surface area contributed by atoms with Gasteiger partial charge in [0.15, 0.2) is 0 Å². The summed E-state index contributed by atoms with van der Waals surface area (Å²) in [5.41, 5.74) is 6.10. The SMILES string of the molecule is COCC1CCCN(S(=O)(=O)c2cc(Cl)cc(N)c2Br)C1. The molecule has 1 fully saturated rings. The summed E-state index contributed by atoms with van der Waals surface area (Å²) in [4.78, 5) is 0.116. The molecule has 1 saturated heterocycles. The number of rotatable bonds is 4. The van der Waals surface area contributed by atoms with Crippen molar-refractivity contribution < 1.29 is 13.2 Å². The van der Waals surface area contributed by atoms with E-state index in [1.807, 2.05) is 0 Å². The summed E-state index contributed by atoms with van der Waals surface area (Å²) >= 11 is 9.19. The lowest BCUT2D eigenvalue weighted by Gasteiger charge is -2.31. The molecule has 0 amide bonds. The second kappa shape index (κ2) is 6.83. The van der Waals surface area contributed by atoms with Gasteiger partial charge in [-0.15, -0.1) is 0 Å². The van der Waals surface area contributed by atoms with Gasteiger partial charge >= 0.3 is 0 Å². The molecule has 1 heterocycles. The first-order valence-electron chi connectivity index (χ1n) is 6.60. The highest BCUT2D eigenvalue weighted by molar-refractivity contribution is 9.10. The topological polar surface area (TPSA) is 72.6 Å². The Hall–Kier alpha value is -0.340. The maximum atomic E-state index is 12.8. The van der Waals surface area contributed by atoms with Crippen molar-refractivity contribution in [3.63, 3.8) is 0 Å². The molecule has 0 radical (unpaired) electrons. The molecule has 1 unspecified atom stereocenters. The van der Waals surface area contributed by atoms with Crippen LogP contribution in [-0.4, -0.2) is 39.5 Å². The van der Waals surface area contributed by atoms with Crippen LogP contribution in [0.2, 0.25) is 5.02 Å². The predicted octanol–water partition coefficient (Wildman–Crippen LogP) is 2.73. The molecule has 118 valence electrons. The summed E-state index contributed by atoms with van der Waals surface area (Å²) in [6.07, 6.45) is 1.79. The van der Waals surface area contributed by atoms with Crippen LogP contribution in [0.1, 0.15) is 12.8 Å². The number of anilines is 1. The zero-order valence-electron chi connectivity index (χ0n) is 11.7. The molecular weight excluding hydrogens is 380 g/mol. The predicted molar refractivity (Wildman–Crippen MR) is 86.9 cm³/mol. The highest BCUT2D eigenvalue weighted by Crippen LogP contribution is 2.34. The van der Waals surface area contributed by atoms with Crippen molar-refractivity contribution in [2.75, 3.05) is 32.5 Å². The van der Waals surface area contributed by atoms with Crippen LogP contribution in [0.5, 0.6) is 0 Å². The van der Waals surface area contributed by atoms with Gasteiger partial charge in [-0.1, -0.05) is 11.6 Å². The van der Waals surface area contributed by atoms with Crippen molar-refractivity contribution >= 4 is 43.2 Å². The fourth-order valence-corrected chi connectivity index (χ4v) is 5.34. The summed E-state index contributed by atoms with van der Waals surface area (Å²) in [6.45, 7) is 1.52. The zero-order chi connectivity index (χ0) is 15.6. The molecule has 5 nitrogen and oxygen atoms in total. The van der Waals surface area contributed by atoms with Crippen LogP contribution in [0.3, 0.4) is 0 Å². The molecule has 1 atom stereocenters. The van der Waals surface area contributed by atoms with Gasteiger partial charge in [0.25, 0.3) is 0 Å². The van der Waals surface area contributed by atoms with Crippen LogP contribution in [0, 0.1) is 5.92 Å². The van der Waals surface area contributed by atoms with Crippen LogP contribution in [0.25, 0.3) is 0 Å². The summed E-state index contributed by atoms with van der Waals surface area (Å²) in [5, 5.41) is 0.305. The maximum Gasteiger partial charge on any atom is 0.244 e. The Balaban J connectivity index is 2.34. The largest absolute Gasteiger partial charge is 0.398 e. The molecule has 8 heteroatoms. The second-order valence-corrected chi connectivity index (χ2v) is 8.27. The van der Waals surface area contributed by atoms with E-state index in [1.165, 1.54) is 16.4 Å². The Morgan fingerprint density at radius 3 is 2.90 bits per heavy atom. The normalized spacial score (nSPS) is 20.6. The van der Waals surface area contributed by atoms with E-state index >= 15 is 0 Å². The first kappa shape index (κ1) is 17.0. The van der Waals surface area contributed by atoms with Crippen molar-refractivity contribution in [3.05, 3.63) is 21.6 Å². The molecule has 0 bridgehead atoms. The van der Waals surface area contributed by atoms with Crippen LogP contribution >= 0.6 is 27.5 Å². The quantitative estimate of drug-likeness (QED) is 0.793. The molecule has 0 saturated carbocycles. The maximum absolute atomic E-state index is 12.8. The van der Waals surface area contributed by atoms with Crippen molar-refractivity contribution in [2.24, 2.45) is 5.92 Å². The van der Waals surface area contributed by atoms with Gasteiger partial charge in [0.05, 0.1) is 16.0 Å². The van der Waals surface area contributed by atoms with Crippen molar-refractivity contribution in [3.8, 4) is 0 Å². The molecule has 2 N–H and O–H groups in total. The van der Waals surface area contributed by atoms with Gasteiger partial charge in [-0.3, -0.25) is 0 Å². The van der Waals surface area contributed by atoms with Gasteiger partial charge in [0, 0.05) is 30.9 Å². The van der Waals surface area contributed by atoms with E-state index in [1.54, 1.807) is 7.11 Å². The first-order chi connectivity index (χ1) is 9.86. The molecule has 0 aliphatic carbocycles. The number of piperidine rings is 1. The summed E-state index contributed by atoms with van der Waals surface area (Å²) in [5.74, 6) is 0.217. The van der Waals surface area contributed by atoms with E-state index in [-0.39, 0.29) is 10.8 Å². The number of hydrogen-bond acceptors (Lipinski definition) is 4. The van der Waals surface area contributed by atoms with Gasteiger partial charge in [-0.05, 0) is 46.8 Å². The van der Waals surface area contributed by atoms with E-state index in [9.17, 15) is 8.42 Å². The Morgan fingerprint density at radius 2 is 2.24 bits per heavy atom. The van der Waals surface area contributed by atoms with Crippen molar-refractivity contribution in [1.29, 1.82) is 0 Å². The molecule has 1 aromatic carbocycles. The van der Waals surface area contributed by atoms with E-state index in [0.717, 1.165) is 12.8 Å². The van der Waals surface area contributed by atoms with E-state index in [2.05, 4.69) is 15.9 Å². The third-order valence-corrected chi connectivity index (χ3v) is 6.79. The lowest BCUT2D eigenvalue weighted by molar-refractivity contribution is 0.118. The average molecular weight is 398 g/mol. The number of nitrogens with two attached hydrogens (primary N) is 1. The minimum absolute atomic E-state index is 0.116. The minimum Gasteiger partial charge on any atom is -0.398 e. The standard InChI is InChI=1S/C13H18BrClN2O3S/c1-20-8-9-3-2-4-17(7-9)21(18,19)12-6-10(15)5-11(16)13(12)14/h5-6,9H,2-4,7-8,16H2,1H3. The summed E-state index contributed by atoms with van der Waals surface area (Å²) < 4.78 is 32.6. The monoisotopic (exact) mass is 396 g/mol. The van der Waals surface area contributed by atoms with Crippen LogP contribution in [0.4, 0.5) is 5.69 Å². The zero-order valence-corrected chi connectivity index (χ0v) is 14.8. The van der Waals surface area contributed by atoms with Crippen LogP contribution in [-0.2, 0) is 14.8 Å². The molecule has 0 aromatic heterocycles. The number of hydrogen-bond donors (Lipinski definition) is 1. The Morgan fingerprint density at radius 1 is 1.52 bits per heavy atom. The van der Waals surface area contributed by atoms with Crippen LogP contribution in [0.15, 0.2) is 21.5 Å². The van der Waals surface area contributed by atoms with Gasteiger partial charge in [-0.2, -0.15) is 4.31 Å². The number of methoxy groups -OCH3 is 1. The van der Waals surface area contributed by atoms with Gasteiger partial charge in [0.2, 0.25) is 10.0 Å². The number of sulfonamides is 1. The van der Waals surface area contributed by atoms with Crippen LogP contribution < -0.4 is 5.73 Å². The van der Waals surface area contributed by atoms with Gasteiger partial charge in [0.1, 0.15) is 0 Å². The highest BCUT2D eigenvalue weighted by atomic mass is 79.9. The van der Waals surface area contributed by atoms with Crippen molar-refractivity contribution in [2.45, 2.75) is 17.7 Å². The van der Waals surface area contributed by atoms with E-state index < -0.39 is 10.0 Å². The fraction of sp³-hybridized carbons (Fsp3) is 0.538. The molecule has 1 aliphatic heterocycles. The molecule has 1 aromatic rings. The Labute approximate surface area is 138 Å². The Kier molecular flexibility index (Phi) is 5.54. The fourth-order valence-electron chi connectivity index (χ4n) is 2.53. The molecule has 0 spiro atoms. The smallest absolute Gasteiger partial charge is 0.244 e. The second-order valence-electron chi connectivity index (χ2n) is 5.13. The van der Waals surface area contributed by atoms with E-state index in [4.69, 9.17) is 22.1 Å². The molecular formula is C13H18BrClN2O3S. The minimum atomic E-state index is -3.62. The third kappa shape index (κ3) is 3.71. The molecule has 1 aliphatic rings. The van der Waals surface area contributed by atoms with E-state index in [0.29, 0.717) is 34.9 Å².